The molecule has 2 aromatic rings. The molecule has 21 heavy (non-hydrogen) atoms. The van der Waals surface area contributed by atoms with Crippen molar-refractivity contribution in [3.05, 3.63) is 50.6 Å². The molecule has 0 saturated heterocycles. The topological polar surface area (TPSA) is 15.3 Å². The summed E-state index contributed by atoms with van der Waals surface area (Å²) in [5.74, 6) is 0. The Hall–Kier alpha value is -0.840. The van der Waals surface area contributed by atoms with Crippen molar-refractivity contribution in [3.8, 4) is 0 Å². The maximum absolute atomic E-state index is 3.72. The molecular weight excluding hydrogens is 344 g/mol. The number of benzene rings is 1. The molecule has 1 heterocycles. The second kappa shape index (κ2) is 7.43. The molecule has 1 N–H and O–H groups in total. The van der Waals surface area contributed by atoms with Crippen LogP contribution >= 0.6 is 27.3 Å². The summed E-state index contributed by atoms with van der Waals surface area (Å²) in [6.07, 6.45) is 0. The number of hydrogen-bond acceptors (Lipinski definition) is 3. The zero-order chi connectivity index (χ0) is 15.4. The first kappa shape index (κ1) is 16.5. The Kier molecular flexibility index (Phi) is 5.85. The van der Waals surface area contributed by atoms with Crippen LogP contribution in [0.5, 0.6) is 0 Å². The third-order valence-corrected chi connectivity index (χ3v) is 5.32. The van der Waals surface area contributed by atoms with E-state index in [0.717, 1.165) is 11.0 Å². The maximum Gasteiger partial charge on any atom is 0.0604 e. The van der Waals surface area contributed by atoms with Crippen molar-refractivity contribution in [1.29, 1.82) is 0 Å². The van der Waals surface area contributed by atoms with E-state index in [0.29, 0.717) is 12.1 Å². The van der Waals surface area contributed by atoms with Crippen LogP contribution in [0.25, 0.3) is 0 Å². The second-order valence-electron chi connectivity index (χ2n) is 5.62. The Balaban J connectivity index is 2.13. The van der Waals surface area contributed by atoms with E-state index in [2.05, 4.69) is 89.7 Å². The van der Waals surface area contributed by atoms with Crippen molar-refractivity contribution in [1.82, 2.24) is 5.32 Å². The van der Waals surface area contributed by atoms with Crippen LogP contribution in [0.1, 0.15) is 37.3 Å². The van der Waals surface area contributed by atoms with Crippen molar-refractivity contribution >= 4 is 33.0 Å². The van der Waals surface area contributed by atoms with Gasteiger partial charge in [-0.2, -0.15) is 0 Å². The van der Waals surface area contributed by atoms with Crippen molar-refractivity contribution in [2.24, 2.45) is 0 Å². The van der Waals surface area contributed by atoms with E-state index in [1.54, 1.807) is 0 Å². The Morgan fingerprint density at radius 3 is 2.57 bits per heavy atom. The summed E-state index contributed by atoms with van der Waals surface area (Å²) in [4.78, 5) is 3.70. The van der Waals surface area contributed by atoms with Gasteiger partial charge in [-0.05, 0) is 52.0 Å². The first-order valence-electron chi connectivity index (χ1n) is 7.27. The fraction of sp³-hybridized carbons (Fsp3) is 0.412. The molecule has 0 aliphatic heterocycles. The fourth-order valence-electron chi connectivity index (χ4n) is 2.20. The van der Waals surface area contributed by atoms with Crippen LogP contribution in [-0.4, -0.2) is 13.1 Å². The van der Waals surface area contributed by atoms with Gasteiger partial charge in [0.15, 0.2) is 0 Å². The Bertz CT molecular complexity index is 566. The normalized spacial score (nSPS) is 12.7. The molecule has 0 fully saturated rings. The molecule has 1 aromatic carbocycles. The summed E-state index contributed by atoms with van der Waals surface area (Å²) in [7, 11) is 2.15. The summed E-state index contributed by atoms with van der Waals surface area (Å²) in [5, 5.41) is 5.58. The maximum atomic E-state index is 3.72. The molecule has 0 aliphatic rings. The van der Waals surface area contributed by atoms with Crippen LogP contribution in [-0.2, 0) is 6.54 Å². The number of hydrogen-bond donors (Lipinski definition) is 1. The quantitative estimate of drug-likeness (QED) is 0.754. The van der Waals surface area contributed by atoms with E-state index in [-0.39, 0.29) is 0 Å². The minimum Gasteiger partial charge on any atom is -0.366 e. The van der Waals surface area contributed by atoms with Crippen LogP contribution in [0.15, 0.2) is 40.2 Å². The second-order valence-corrected chi connectivity index (χ2v) is 7.46. The molecule has 0 saturated carbocycles. The molecular formula is C17H23BrN2S. The van der Waals surface area contributed by atoms with Gasteiger partial charge < -0.3 is 10.2 Å². The first-order valence-corrected chi connectivity index (χ1v) is 8.94. The molecule has 0 spiro atoms. The van der Waals surface area contributed by atoms with Gasteiger partial charge in [-0.3, -0.25) is 0 Å². The van der Waals surface area contributed by atoms with Gasteiger partial charge in [-0.25, -0.2) is 0 Å². The SMILES string of the molecule is CC(C)NCc1ccc(N(C)C(C)c2cccs2)c(Br)c1. The van der Waals surface area contributed by atoms with Gasteiger partial charge in [0.25, 0.3) is 0 Å². The molecule has 114 valence electrons. The van der Waals surface area contributed by atoms with Crippen molar-refractivity contribution in [2.45, 2.75) is 39.4 Å². The van der Waals surface area contributed by atoms with E-state index in [1.165, 1.54) is 16.1 Å². The predicted octanol–water partition coefficient (Wildman–Crippen LogP) is 5.21. The molecule has 1 aromatic heterocycles. The lowest BCUT2D eigenvalue weighted by atomic mass is 10.1. The number of nitrogens with one attached hydrogen (secondary N) is 1. The number of nitrogens with zero attached hydrogens (tertiary/aromatic N) is 1. The van der Waals surface area contributed by atoms with Crippen LogP contribution in [0.4, 0.5) is 5.69 Å². The minimum atomic E-state index is 0.376. The lowest BCUT2D eigenvalue weighted by molar-refractivity contribution is 0.588. The highest BCUT2D eigenvalue weighted by molar-refractivity contribution is 9.10. The smallest absolute Gasteiger partial charge is 0.0604 e. The highest BCUT2D eigenvalue weighted by atomic mass is 79.9. The van der Waals surface area contributed by atoms with Gasteiger partial charge in [0.1, 0.15) is 0 Å². The number of rotatable bonds is 6. The Labute approximate surface area is 140 Å². The van der Waals surface area contributed by atoms with Crippen molar-refractivity contribution in [3.63, 3.8) is 0 Å². The number of anilines is 1. The molecule has 0 radical (unpaired) electrons. The summed E-state index contributed by atoms with van der Waals surface area (Å²) in [5.41, 5.74) is 2.53. The highest BCUT2D eigenvalue weighted by Gasteiger charge is 2.15. The zero-order valence-electron chi connectivity index (χ0n) is 13.1. The third-order valence-electron chi connectivity index (χ3n) is 3.64. The van der Waals surface area contributed by atoms with Gasteiger partial charge in [0, 0.05) is 29.0 Å². The van der Waals surface area contributed by atoms with E-state index in [4.69, 9.17) is 0 Å². The molecule has 0 bridgehead atoms. The van der Waals surface area contributed by atoms with E-state index >= 15 is 0 Å². The van der Waals surface area contributed by atoms with Crippen LogP contribution in [0.2, 0.25) is 0 Å². The third kappa shape index (κ3) is 4.31. The van der Waals surface area contributed by atoms with Crippen molar-refractivity contribution < 1.29 is 0 Å². The van der Waals surface area contributed by atoms with E-state index in [1.807, 2.05) is 11.3 Å². The van der Waals surface area contributed by atoms with Gasteiger partial charge in [0.2, 0.25) is 0 Å². The summed E-state index contributed by atoms with van der Waals surface area (Å²) >= 11 is 5.53. The fourth-order valence-corrected chi connectivity index (χ4v) is 3.73. The lowest BCUT2D eigenvalue weighted by Crippen LogP contribution is -2.23. The monoisotopic (exact) mass is 366 g/mol. The molecule has 2 rings (SSSR count). The summed E-state index contributed by atoms with van der Waals surface area (Å²) < 4.78 is 1.15. The Morgan fingerprint density at radius 1 is 1.24 bits per heavy atom. The lowest BCUT2D eigenvalue weighted by Gasteiger charge is -2.27. The van der Waals surface area contributed by atoms with Crippen LogP contribution in [0.3, 0.4) is 0 Å². The molecule has 1 unspecified atom stereocenters. The molecule has 4 heteroatoms. The molecule has 0 aliphatic carbocycles. The van der Waals surface area contributed by atoms with Crippen LogP contribution < -0.4 is 10.2 Å². The molecule has 2 nitrogen and oxygen atoms in total. The van der Waals surface area contributed by atoms with E-state index in [9.17, 15) is 0 Å². The van der Waals surface area contributed by atoms with Crippen LogP contribution in [0, 0.1) is 0 Å². The number of thiophene rings is 1. The average molecular weight is 367 g/mol. The van der Waals surface area contributed by atoms with Gasteiger partial charge >= 0.3 is 0 Å². The first-order chi connectivity index (χ1) is 9.99. The van der Waals surface area contributed by atoms with Gasteiger partial charge in [-0.15, -0.1) is 11.3 Å². The molecule has 0 amide bonds. The van der Waals surface area contributed by atoms with E-state index < -0.39 is 0 Å². The predicted molar refractivity (Wildman–Crippen MR) is 97.3 cm³/mol. The van der Waals surface area contributed by atoms with Gasteiger partial charge in [-0.1, -0.05) is 26.0 Å². The summed E-state index contributed by atoms with van der Waals surface area (Å²) in [6.45, 7) is 7.48. The zero-order valence-corrected chi connectivity index (χ0v) is 15.5. The highest BCUT2D eigenvalue weighted by Crippen LogP contribution is 2.33. The number of halogens is 1. The summed E-state index contributed by atoms with van der Waals surface area (Å²) in [6, 6.07) is 11.8. The molecule has 1 atom stereocenters. The Morgan fingerprint density at radius 2 is 2.00 bits per heavy atom. The largest absolute Gasteiger partial charge is 0.366 e. The average Bonchev–Trinajstić information content (AvgIpc) is 2.98. The van der Waals surface area contributed by atoms with Gasteiger partial charge in [0.05, 0.1) is 11.7 Å². The minimum absolute atomic E-state index is 0.376. The van der Waals surface area contributed by atoms with Crippen molar-refractivity contribution in [2.75, 3.05) is 11.9 Å². The standard InChI is InChI=1S/C17H23BrN2S/c1-12(2)19-11-14-7-8-16(15(18)10-14)20(4)13(3)17-6-5-9-21-17/h5-10,12-13,19H,11H2,1-4H3.